The second-order valence-corrected chi connectivity index (χ2v) is 9.15. The summed E-state index contributed by atoms with van der Waals surface area (Å²) in [6.07, 6.45) is -3.33. The summed E-state index contributed by atoms with van der Waals surface area (Å²) >= 11 is 0. The fourth-order valence-electron chi connectivity index (χ4n) is 4.91. The van der Waals surface area contributed by atoms with Crippen molar-refractivity contribution in [3.05, 3.63) is 78.4 Å². The fraction of sp³-hybridized carbons (Fsp3) is 0.185. The third-order valence-electron chi connectivity index (χ3n) is 6.95. The molecule has 0 aliphatic heterocycles. The average molecular weight is 503 g/mol. The highest BCUT2D eigenvalue weighted by atomic mass is 19.4. The molecule has 2 N–H and O–H groups in total. The Balaban J connectivity index is 1.47. The van der Waals surface area contributed by atoms with E-state index in [0.29, 0.717) is 40.8 Å². The van der Waals surface area contributed by atoms with Crippen LogP contribution in [0.3, 0.4) is 0 Å². The van der Waals surface area contributed by atoms with Crippen molar-refractivity contribution in [3.63, 3.8) is 0 Å². The normalized spacial score (nSPS) is 15.0. The van der Waals surface area contributed by atoms with Gasteiger partial charge in [0.15, 0.2) is 5.65 Å². The van der Waals surface area contributed by atoms with E-state index in [2.05, 4.69) is 15.5 Å². The molecule has 37 heavy (non-hydrogen) atoms. The van der Waals surface area contributed by atoms with E-state index in [0.717, 1.165) is 23.1 Å². The summed E-state index contributed by atoms with van der Waals surface area (Å²) in [5.74, 6) is -1.93. The average Bonchev–Trinajstić information content (AvgIpc) is 3.26. The van der Waals surface area contributed by atoms with Gasteiger partial charge in [-0.3, -0.25) is 4.79 Å². The largest absolute Gasteiger partial charge is 0.479 e. The second kappa shape index (κ2) is 8.29. The third-order valence-corrected chi connectivity index (χ3v) is 6.95. The Bertz CT molecular complexity index is 1640. The van der Waals surface area contributed by atoms with Crippen LogP contribution in [0.4, 0.5) is 13.2 Å². The van der Waals surface area contributed by atoms with Crippen LogP contribution >= 0.6 is 0 Å². The molecule has 5 aromatic rings. The van der Waals surface area contributed by atoms with Gasteiger partial charge in [-0.25, -0.2) is 9.38 Å². The Labute approximate surface area is 208 Å². The fourth-order valence-corrected chi connectivity index (χ4v) is 4.91. The van der Waals surface area contributed by atoms with Crippen LogP contribution in [0.5, 0.6) is 6.01 Å². The monoisotopic (exact) mass is 503 g/mol. The van der Waals surface area contributed by atoms with Gasteiger partial charge in [-0.1, -0.05) is 59.7 Å². The lowest BCUT2D eigenvalue weighted by molar-refractivity contribution is -0.177. The van der Waals surface area contributed by atoms with E-state index in [-0.39, 0.29) is 6.01 Å². The number of alkyl halides is 3. The zero-order chi connectivity index (χ0) is 25.8. The summed E-state index contributed by atoms with van der Waals surface area (Å²) in [5.41, 5.74) is 4.43. The SMILES string of the molecule is O=C(NC1(c2ccc(-c3nc4ccc5nnc(O)n5c4cc3-c3ccccc3)cc2)CCC1)C(F)(F)F. The number of fused-ring (bicyclic) bond motifs is 3. The number of nitrogens with one attached hydrogen (secondary N) is 1. The molecular weight excluding hydrogens is 483 g/mol. The lowest BCUT2D eigenvalue weighted by atomic mass is 9.71. The molecular formula is C27H20F3N5O2. The highest BCUT2D eigenvalue weighted by molar-refractivity contribution is 5.91. The molecule has 1 aliphatic rings. The van der Waals surface area contributed by atoms with E-state index in [1.165, 1.54) is 4.40 Å². The number of rotatable bonds is 4. The van der Waals surface area contributed by atoms with E-state index >= 15 is 0 Å². The molecule has 1 aliphatic carbocycles. The van der Waals surface area contributed by atoms with E-state index in [9.17, 15) is 23.1 Å². The molecule has 0 unspecified atom stereocenters. The molecule has 7 nitrogen and oxygen atoms in total. The molecule has 3 heterocycles. The summed E-state index contributed by atoms with van der Waals surface area (Å²) in [6, 6.07) is 21.9. The van der Waals surface area contributed by atoms with Crippen molar-refractivity contribution in [2.75, 3.05) is 0 Å². The van der Waals surface area contributed by atoms with Gasteiger partial charge in [0.25, 0.3) is 0 Å². The predicted octanol–water partition coefficient (Wildman–Crippen LogP) is 5.37. The zero-order valence-corrected chi connectivity index (χ0v) is 19.3. The quantitative estimate of drug-likeness (QED) is 0.344. The van der Waals surface area contributed by atoms with Crippen LogP contribution in [-0.2, 0) is 10.3 Å². The third kappa shape index (κ3) is 3.85. The van der Waals surface area contributed by atoms with E-state index in [1.54, 1.807) is 24.3 Å². The Hall–Kier alpha value is -4.47. The van der Waals surface area contributed by atoms with Gasteiger partial charge in [0.1, 0.15) is 0 Å². The van der Waals surface area contributed by atoms with E-state index in [4.69, 9.17) is 4.98 Å². The van der Waals surface area contributed by atoms with Gasteiger partial charge in [-0.15, -0.1) is 5.10 Å². The van der Waals surface area contributed by atoms with Crippen LogP contribution in [0.2, 0.25) is 0 Å². The van der Waals surface area contributed by atoms with Crippen LogP contribution in [0, 0.1) is 0 Å². The summed E-state index contributed by atoms with van der Waals surface area (Å²) < 4.78 is 40.3. The first-order chi connectivity index (χ1) is 17.7. The van der Waals surface area contributed by atoms with Crippen LogP contribution in [0.25, 0.3) is 39.1 Å². The molecule has 0 saturated heterocycles. The van der Waals surface area contributed by atoms with Crippen LogP contribution in [0.1, 0.15) is 24.8 Å². The Morgan fingerprint density at radius 3 is 2.32 bits per heavy atom. The number of hydrogen-bond donors (Lipinski definition) is 2. The van der Waals surface area contributed by atoms with Crippen molar-refractivity contribution in [1.29, 1.82) is 0 Å². The summed E-state index contributed by atoms with van der Waals surface area (Å²) in [4.78, 5) is 16.6. The number of pyridine rings is 2. The molecule has 0 spiro atoms. The van der Waals surface area contributed by atoms with Gasteiger partial charge in [0, 0.05) is 11.1 Å². The van der Waals surface area contributed by atoms with Gasteiger partial charge >= 0.3 is 18.1 Å². The number of halogens is 3. The number of benzene rings is 2. The zero-order valence-electron chi connectivity index (χ0n) is 19.3. The van der Waals surface area contributed by atoms with Crippen LogP contribution in [0.15, 0.2) is 72.8 Å². The molecule has 0 radical (unpaired) electrons. The maximum Gasteiger partial charge on any atom is 0.471 e. The molecule has 1 amide bonds. The summed E-state index contributed by atoms with van der Waals surface area (Å²) in [6.45, 7) is 0. The first-order valence-electron chi connectivity index (χ1n) is 11.7. The molecule has 1 fully saturated rings. The second-order valence-electron chi connectivity index (χ2n) is 9.15. The number of nitrogens with zero attached hydrogens (tertiary/aromatic N) is 4. The van der Waals surface area contributed by atoms with Gasteiger partial charge in [0.2, 0.25) is 0 Å². The van der Waals surface area contributed by atoms with Gasteiger partial charge in [-0.2, -0.15) is 13.2 Å². The molecule has 2 aromatic carbocycles. The molecule has 1 saturated carbocycles. The lowest BCUT2D eigenvalue weighted by Crippen LogP contribution is -2.54. The minimum Gasteiger partial charge on any atom is -0.479 e. The minimum absolute atomic E-state index is 0.245. The number of aromatic nitrogens is 4. The lowest BCUT2D eigenvalue weighted by Gasteiger charge is -2.43. The molecule has 186 valence electrons. The Morgan fingerprint density at radius 1 is 0.946 bits per heavy atom. The number of carbonyl (C=O) groups excluding carboxylic acids is 1. The van der Waals surface area contributed by atoms with Crippen molar-refractivity contribution >= 4 is 22.6 Å². The van der Waals surface area contributed by atoms with E-state index in [1.807, 2.05) is 48.5 Å². The molecule has 10 heteroatoms. The maximum atomic E-state index is 12.9. The minimum atomic E-state index is -4.94. The molecule has 0 atom stereocenters. The smallest absolute Gasteiger partial charge is 0.471 e. The number of amides is 1. The van der Waals surface area contributed by atoms with Crippen molar-refractivity contribution in [1.82, 2.24) is 24.9 Å². The molecule has 6 rings (SSSR count). The van der Waals surface area contributed by atoms with Crippen molar-refractivity contribution in [2.45, 2.75) is 31.0 Å². The standard InChI is InChI=1S/C27H20F3N5O2/c28-27(29,30)24(36)32-26(13-4-14-26)18-9-7-17(8-10-18)23-19(16-5-2-1-3-6-16)15-21-20(31-23)11-12-22-33-34-25(37)35(21)22/h1-3,5-12,15H,4,13-14H2,(H,32,36)(H,34,37). The first kappa shape index (κ1) is 23.0. The first-order valence-corrected chi connectivity index (χ1v) is 11.7. The van der Waals surface area contributed by atoms with Crippen molar-refractivity contribution in [3.8, 4) is 28.4 Å². The maximum absolute atomic E-state index is 12.9. The Morgan fingerprint density at radius 2 is 1.68 bits per heavy atom. The Kier molecular flexibility index (Phi) is 5.15. The van der Waals surface area contributed by atoms with Gasteiger partial charge in [-0.05, 0) is 48.6 Å². The topological polar surface area (TPSA) is 92.4 Å². The highest BCUT2D eigenvalue weighted by Gasteiger charge is 2.47. The summed E-state index contributed by atoms with van der Waals surface area (Å²) in [5, 5.41) is 20.2. The number of carbonyl (C=O) groups is 1. The summed E-state index contributed by atoms with van der Waals surface area (Å²) in [7, 11) is 0. The van der Waals surface area contributed by atoms with Crippen LogP contribution < -0.4 is 5.32 Å². The molecule has 0 bridgehead atoms. The highest BCUT2D eigenvalue weighted by Crippen LogP contribution is 2.43. The number of hydrogen-bond acceptors (Lipinski definition) is 5. The van der Waals surface area contributed by atoms with Crippen molar-refractivity contribution in [2.24, 2.45) is 0 Å². The van der Waals surface area contributed by atoms with Gasteiger partial charge < -0.3 is 10.4 Å². The predicted molar refractivity (Wildman–Crippen MR) is 131 cm³/mol. The van der Waals surface area contributed by atoms with Gasteiger partial charge in [0.05, 0.1) is 22.3 Å². The molecule has 3 aromatic heterocycles. The van der Waals surface area contributed by atoms with Crippen LogP contribution in [-0.4, -0.2) is 36.8 Å². The van der Waals surface area contributed by atoms with E-state index < -0.39 is 17.6 Å². The number of aromatic hydroxyl groups is 1. The van der Waals surface area contributed by atoms with Crippen molar-refractivity contribution < 1.29 is 23.1 Å².